The quantitative estimate of drug-likeness (QED) is 0.488. The van der Waals surface area contributed by atoms with Crippen molar-refractivity contribution in [2.24, 2.45) is 11.8 Å². The fraction of sp³-hybridized carbons (Fsp3) is 0.857. The first-order valence-electron chi connectivity index (χ1n) is 6.53. The first-order valence-corrected chi connectivity index (χ1v) is 6.53. The van der Waals surface area contributed by atoms with Gasteiger partial charge < -0.3 is 0 Å². The number of hydrogen-bond acceptors (Lipinski definition) is 0. The van der Waals surface area contributed by atoms with Crippen molar-refractivity contribution >= 4 is 0 Å². The Morgan fingerprint density at radius 2 is 1.14 bits per heavy atom. The van der Waals surface area contributed by atoms with Crippen molar-refractivity contribution in [2.45, 2.75) is 64.2 Å². The molecule has 0 nitrogen and oxygen atoms in total. The average molecular weight is 192 g/mol. The van der Waals surface area contributed by atoms with Crippen LogP contribution < -0.4 is 0 Å². The highest BCUT2D eigenvalue weighted by molar-refractivity contribution is 5.05. The first-order chi connectivity index (χ1) is 6.86. The lowest BCUT2D eigenvalue weighted by Crippen LogP contribution is -2.08. The second-order valence-electron chi connectivity index (χ2n) is 5.38. The van der Waals surface area contributed by atoms with Crippen LogP contribution in [0.25, 0.3) is 0 Å². The van der Waals surface area contributed by atoms with Crippen LogP contribution in [0.2, 0.25) is 0 Å². The summed E-state index contributed by atoms with van der Waals surface area (Å²) in [6, 6.07) is 0. The summed E-state index contributed by atoms with van der Waals surface area (Å²) in [4.78, 5) is 0. The van der Waals surface area contributed by atoms with Gasteiger partial charge in [0.05, 0.1) is 0 Å². The predicted molar refractivity (Wildman–Crippen MR) is 62.3 cm³/mol. The summed E-state index contributed by atoms with van der Waals surface area (Å²) in [7, 11) is 0. The molecule has 0 amide bonds. The van der Waals surface area contributed by atoms with Crippen molar-refractivity contribution in [2.75, 3.05) is 0 Å². The van der Waals surface area contributed by atoms with Crippen LogP contribution in [0.5, 0.6) is 0 Å². The molecule has 0 spiro atoms. The van der Waals surface area contributed by atoms with E-state index in [1.165, 1.54) is 64.2 Å². The molecule has 2 unspecified atom stereocenters. The van der Waals surface area contributed by atoms with Gasteiger partial charge in [0.25, 0.3) is 0 Å². The molecule has 2 aliphatic carbocycles. The van der Waals surface area contributed by atoms with Gasteiger partial charge >= 0.3 is 0 Å². The molecular formula is C14H24. The van der Waals surface area contributed by atoms with Gasteiger partial charge in [-0.1, -0.05) is 50.7 Å². The maximum absolute atomic E-state index is 4.19. The van der Waals surface area contributed by atoms with Crippen LogP contribution in [-0.2, 0) is 0 Å². The third kappa shape index (κ3) is 2.62. The molecule has 0 radical (unpaired) electrons. The lowest BCUT2D eigenvalue weighted by atomic mass is 9.85. The van der Waals surface area contributed by atoms with Gasteiger partial charge in [-0.2, -0.15) is 0 Å². The van der Waals surface area contributed by atoms with E-state index in [0.29, 0.717) is 0 Å². The molecule has 0 aromatic heterocycles. The highest BCUT2D eigenvalue weighted by Crippen LogP contribution is 2.41. The van der Waals surface area contributed by atoms with Crippen molar-refractivity contribution in [3.05, 3.63) is 12.2 Å². The molecule has 80 valence electrons. The Morgan fingerprint density at radius 1 is 0.714 bits per heavy atom. The molecule has 2 fully saturated rings. The van der Waals surface area contributed by atoms with Crippen LogP contribution in [0.1, 0.15) is 64.2 Å². The number of fused-ring (bicyclic) bond motifs is 1. The first kappa shape index (κ1) is 10.3. The molecule has 2 rings (SSSR count). The fourth-order valence-corrected chi connectivity index (χ4v) is 3.35. The molecule has 0 aromatic carbocycles. The van der Waals surface area contributed by atoms with Crippen molar-refractivity contribution in [3.8, 4) is 0 Å². The second-order valence-corrected chi connectivity index (χ2v) is 5.38. The van der Waals surface area contributed by atoms with Gasteiger partial charge in [-0.3, -0.25) is 0 Å². The Kier molecular flexibility index (Phi) is 3.67. The molecule has 0 aliphatic heterocycles. The molecular weight excluding hydrogens is 168 g/mol. The number of allylic oxidation sites excluding steroid dienone is 1. The van der Waals surface area contributed by atoms with Crippen LogP contribution in [-0.4, -0.2) is 0 Å². The molecule has 0 heterocycles. The van der Waals surface area contributed by atoms with Crippen molar-refractivity contribution < 1.29 is 0 Å². The summed E-state index contributed by atoms with van der Waals surface area (Å²) < 4.78 is 0. The zero-order valence-electron chi connectivity index (χ0n) is 9.43. The summed E-state index contributed by atoms with van der Waals surface area (Å²) in [6.07, 6.45) is 14.6. The average Bonchev–Trinajstić information content (AvgIpc) is 2.52. The smallest absolute Gasteiger partial charge is 0.0292 e. The Morgan fingerprint density at radius 3 is 1.64 bits per heavy atom. The third-order valence-electron chi connectivity index (χ3n) is 4.17. The van der Waals surface area contributed by atoms with Crippen molar-refractivity contribution in [1.82, 2.24) is 0 Å². The van der Waals surface area contributed by atoms with E-state index in [1.54, 1.807) is 5.57 Å². The second kappa shape index (κ2) is 5.00. The van der Waals surface area contributed by atoms with Gasteiger partial charge in [-0.05, 0) is 37.5 Å². The maximum atomic E-state index is 4.19. The molecule has 0 heteroatoms. The van der Waals surface area contributed by atoms with Crippen LogP contribution in [0, 0.1) is 11.8 Å². The van der Waals surface area contributed by atoms with E-state index in [0.717, 1.165) is 11.8 Å². The van der Waals surface area contributed by atoms with E-state index < -0.39 is 0 Å². The van der Waals surface area contributed by atoms with Gasteiger partial charge in [-0.25, -0.2) is 0 Å². The fourth-order valence-electron chi connectivity index (χ4n) is 3.35. The summed E-state index contributed by atoms with van der Waals surface area (Å²) in [5.74, 6) is 2.03. The van der Waals surface area contributed by atoms with Crippen molar-refractivity contribution in [3.63, 3.8) is 0 Å². The lowest BCUT2D eigenvalue weighted by molar-refractivity contribution is 0.313. The zero-order valence-corrected chi connectivity index (χ0v) is 9.43. The van der Waals surface area contributed by atoms with Gasteiger partial charge in [0.2, 0.25) is 0 Å². The minimum Gasteiger partial charge on any atom is -0.0998 e. The minimum absolute atomic E-state index is 1.01. The summed E-state index contributed by atoms with van der Waals surface area (Å²) in [5, 5.41) is 0. The molecule has 14 heavy (non-hydrogen) atoms. The van der Waals surface area contributed by atoms with Crippen LogP contribution in [0.15, 0.2) is 12.2 Å². The number of hydrogen-bond donors (Lipinski definition) is 0. The normalized spacial score (nSPS) is 35.3. The zero-order chi connectivity index (χ0) is 9.80. The van der Waals surface area contributed by atoms with Gasteiger partial charge in [0, 0.05) is 0 Å². The van der Waals surface area contributed by atoms with E-state index in [4.69, 9.17) is 0 Å². The Bertz CT molecular complexity index is 172. The molecule has 2 aliphatic rings. The van der Waals surface area contributed by atoms with Crippen LogP contribution in [0.3, 0.4) is 0 Å². The lowest BCUT2D eigenvalue weighted by Gasteiger charge is -2.20. The molecule has 0 N–H and O–H groups in total. The molecule has 2 saturated carbocycles. The third-order valence-corrected chi connectivity index (χ3v) is 4.17. The van der Waals surface area contributed by atoms with Crippen molar-refractivity contribution in [1.29, 1.82) is 0 Å². The van der Waals surface area contributed by atoms with Gasteiger partial charge in [0.15, 0.2) is 0 Å². The Hall–Kier alpha value is -0.260. The predicted octanol–water partition coefficient (Wildman–Crippen LogP) is 4.70. The van der Waals surface area contributed by atoms with Gasteiger partial charge in [-0.15, -0.1) is 0 Å². The molecule has 0 aromatic rings. The highest BCUT2D eigenvalue weighted by Gasteiger charge is 2.28. The minimum atomic E-state index is 1.01. The Balaban J connectivity index is 1.89. The summed E-state index contributed by atoms with van der Waals surface area (Å²) >= 11 is 0. The SMILES string of the molecule is C=C1CC2CCCCCCCCC2C1. The largest absolute Gasteiger partial charge is 0.0998 e. The van der Waals surface area contributed by atoms with E-state index in [1.807, 2.05) is 0 Å². The summed E-state index contributed by atoms with van der Waals surface area (Å²) in [6.45, 7) is 4.19. The topological polar surface area (TPSA) is 0 Å². The van der Waals surface area contributed by atoms with E-state index in [-0.39, 0.29) is 0 Å². The van der Waals surface area contributed by atoms with E-state index in [9.17, 15) is 0 Å². The van der Waals surface area contributed by atoms with Crippen LogP contribution >= 0.6 is 0 Å². The number of rotatable bonds is 0. The van der Waals surface area contributed by atoms with Crippen LogP contribution in [0.4, 0.5) is 0 Å². The molecule has 2 atom stereocenters. The maximum Gasteiger partial charge on any atom is -0.0292 e. The Labute approximate surface area is 88.8 Å². The summed E-state index contributed by atoms with van der Waals surface area (Å²) in [5.41, 5.74) is 1.54. The van der Waals surface area contributed by atoms with E-state index in [2.05, 4.69) is 6.58 Å². The standard InChI is InChI=1S/C14H24/c1-12-10-13-8-6-4-2-3-5-7-9-14(13)11-12/h13-14H,1-11H2. The highest BCUT2D eigenvalue weighted by atomic mass is 14.3. The molecule has 0 bridgehead atoms. The van der Waals surface area contributed by atoms with E-state index >= 15 is 0 Å². The van der Waals surface area contributed by atoms with Gasteiger partial charge in [0.1, 0.15) is 0 Å². The monoisotopic (exact) mass is 192 g/mol. The molecule has 0 saturated heterocycles.